The van der Waals surface area contributed by atoms with E-state index in [1.807, 2.05) is 19.2 Å². The average Bonchev–Trinajstić information content (AvgIpc) is 3.08. The number of hydrogen-bond donors (Lipinski definition) is 0. The lowest BCUT2D eigenvalue weighted by Crippen LogP contribution is -2.26. The molecule has 0 N–H and O–H groups in total. The van der Waals surface area contributed by atoms with Crippen molar-refractivity contribution in [3.05, 3.63) is 45.3 Å². The molecule has 0 unspecified atom stereocenters. The van der Waals surface area contributed by atoms with E-state index in [2.05, 4.69) is 4.98 Å². The molecule has 1 aromatic carbocycles. The van der Waals surface area contributed by atoms with Gasteiger partial charge in [0.2, 0.25) is 5.43 Å². The minimum atomic E-state index is -0.753. The molecule has 2 heterocycles. The number of benzene rings is 1. The van der Waals surface area contributed by atoms with E-state index in [-0.39, 0.29) is 5.43 Å². The first kappa shape index (κ1) is 19.1. The maximum atomic E-state index is 12.9. The standard InChI is InChI=1S/C20H21NO5S/c1-5-13-7-14-17(8-16(13)26-12(4)20(23)24-6-2)25-9-15(18(14)22)19-21-11(3)10-27-19/h7-10,12H,5-6H2,1-4H3/t12-/m0/s1. The number of carbonyl (C=O) groups excluding carboxylic acids is 1. The first-order valence-electron chi connectivity index (χ1n) is 8.78. The maximum absolute atomic E-state index is 12.9. The number of rotatable bonds is 6. The number of thiazole rings is 1. The van der Waals surface area contributed by atoms with Gasteiger partial charge in [-0.1, -0.05) is 6.92 Å². The van der Waals surface area contributed by atoms with Gasteiger partial charge in [-0.15, -0.1) is 11.3 Å². The molecule has 1 atom stereocenters. The number of hydrogen-bond acceptors (Lipinski definition) is 7. The van der Waals surface area contributed by atoms with Crippen LogP contribution in [0.15, 0.2) is 33.0 Å². The van der Waals surface area contributed by atoms with Crippen LogP contribution in [0.4, 0.5) is 0 Å². The van der Waals surface area contributed by atoms with Crippen LogP contribution in [0.1, 0.15) is 32.0 Å². The Morgan fingerprint density at radius 2 is 2.11 bits per heavy atom. The number of fused-ring (bicyclic) bond motifs is 1. The molecule has 0 radical (unpaired) electrons. The number of ether oxygens (including phenoxy) is 2. The van der Waals surface area contributed by atoms with Crippen LogP contribution in [0.2, 0.25) is 0 Å². The van der Waals surface area contributed by atoms with E-state index in [1.54, 1.807) is 26.0 Å². The Labute approximate surface area is 160 Å². The summed E-state index contributed by atoms with van der Waals surface area (Å²) < 4.78 is 16.4. The smallest absolute Gasteiger partial charge is 0.347 e. The van der Waals surface area contributed by atoms with Crippen LogP contribution in [0.3, 0.4) is 0 Å². The topological polar surface area (TPSA) is 78.6 Å². The monoisotopic (exact) mass is 387 g/mol. The van der Waals surface area contributed by atoms with Crippen LogP contribution >= 0.6 is 11.3 Å². The SMILES string of the molecule is CCOC(=O)[C@H](C)Oc1cc2occ(-c3nc(C)cs3)c(=O)c2cc1CC. The average molecular weight is 387 g/mol. The highest BCUT2D eigenvalue weighted by molar-refractivity contribution is 7.13. The summed E-state index contributed by atoms with van der Waals surface area (Å²) in [5, 5.41) is 3.00. The fourth-order valence-corrected chi connectivity index (χ4v) is 3.51. The van der Waals surface area contributed by atoms with Crippen molar-refractivity contribution >= 4 is 28.3 Å². The van der Waals surface area contributed by atoms with Gasteiger partial charge in [-0.2, -0.15) is 0 Å². The summed E-state index contributed by atoms with van der Waals surface area (Å²) in [4.78, 5) is 29.1. The third kappa shape index (κ3) is 3.88. The van der Waals surface area contributed by atoms with Crippen molar-refractivity contribution in [2.45, 2.75) is 40.2 Å². The molecule has 7 heteroatoms. The quantitative estimate of drug-likeness (QED) is 0.592. The van der Waals surface area contributed by atoms with Crippen LogP contribution in [0.5, 0.6) is 5.75 Å². The molecule has 0 spiro atoms. The van der Waals surface area contributed by atoms with Crippen molar-refractivity contribution in [3.63, 3.8) is 0 Å². The molecule has 0 amide bonds. The number of carbonyl (C=O) groups is 1. The molecular formula is C20H21NO5S. The largest absolute Gasteiger partial charge is 0.479 e. The van der Waals surface area contributed by atoms with Gasteiger partial charge in [-0.25, -0.2) is 9.78 Å². The van der Waals surface area contributed by atoms with Crippen LogP contribution in [0, 0.1) is 6.92 Å². The summed E-state index contributed by atoms with van der Waals surface area (Å²) >= 11 is 1.41. The van der Waals surface area contributed by atoms with Gasteiger partial charge in [-0.05, 0) is 38.8 Å². The Balaban J connectivity index is 2.04. The molecule has 3 aromatic rings. The van der Waals surface area contributed by atoms with E-state index < -0.39 is 12.1 Å². The zero-order valence-corrected chi connectivity index (χ0v) is 16.5. The van der Waals surface area contributed by atoms with E-state index in [4.69, 9.17) is 13.9 Å². The fourth-order valence-electron chi connectivity index (χ4n) is 2.71. The first-order chi connectivity index (χ1) is 12.9. The summed E-state index contributed by atoms with van der Waals surface area (Å²) in [7, 11) is 0. The molecule has 142 valence electrons. The van der Waals surface area contributed by atoms with E-state index in [1.165, 1.54) is 17.6 Å². The molecule has 0 aliphatic carbocycles. The summed E-state index contributed by atoms with van der Waals surface area (Å²) in [6.45, 7) is 7.50. The molecule has 0 aliphatic rings. The zero-order valence-electron chi connectivity index (χ0n) is 15.7. The molecule has 6 nitrogen and oxygen atoms in total. The van der Waals surface area contributed by atoms with Gasteiger partial charge in [0.05, 0.1) is 17.6 Å². The number of esters is 1. The van der Waals surface area contributed by atoms with E-state index in [0.29, 0.717) is 40.3 Å². The highest BCUT2D eigenvalue weighted by Crippen LogP contribution is 2.29. The molecule has 3 rings (SSSR count). The Bertz CT molecular complexity index is 1040. The van der Waals surface area contributed by atoms with Crippen LogP contribution < -0.4 is 10.2 Å². The van der Waals surface area contributed by atoms with Gasteiger partial charge < -0.3 is 13.9 Å². The third-order valence-electron chi connectivity index (χ3n) is 4.11. The lowest BCUT2D eigenvalue weighted by Gasteiger charge is -2.16. The lowest BCUT2D eigenvalue weighted by atomic mass is 10.1. The predicted molar refractivity (Wildman–Crippen MR) is 104 cm³/mol. The van der Waals surface area contributed by atoms with Crippen molar-refractivity contribution in [2.75, 3.05) is 6.61 Å². The molecule has 0 aliphatic heterocycles. The predicted octanol–water partition coefficient (Wildman–Crippen LogP) is 4.12. The molecule has 2 aromatic heterocycles. The summed E-state index contributed by atoms with van der Waals surface area (Å²) in [6.07, 6.45) is 1.31. The number of aromatic nitrogens is 1. The maximum Gasteiger partial charge on any atom is 0.347 e. The van der Waals surface area contributed by atoms with Crippen LogP contribution in [-0.2, 0) is 16.0 Å². The lowest BCUT2D eigenvalue weighted by molar-refractivity contribution is -0.150. The van der Waals surface area contributed by atoms with Crippen molar-refractivity contribution in [1.82, 2.24) is 4.98 Å². The van der Waals surface area contributed by atoms with Gasteiger partial charge >= 0.3 is 5.97 Å². The van der Waals surface area contributed by atoms with E-state index in [0.717, 1.165) is 11.3 Å². The Hall–Kier alpha value is -2.67. The minimum absolute atomic E-state index is 0.134. The Kier molecular flexibility index (Phi) is 5.60. The van der Waals surface area contributed by atoms with Crippen molar-refractivity contribution in [3.8, 4) is 16.3 Å². The Morgan fingerprint density at radius 3 is 2.74 bits per heavy atom. The molecular weight excluding hydrogens is 366 g/mol. The minimum Gasteiger partial charge on any atom is -0.479 e. The van der Waals surface area contributed by atoms with Gasteiger partial charge in [0.25, 0.3) is 0 Å². The van der Waals surface area contributed by atoms with Crippen LogP contribution in [-0.4, -0.2) is 23.7 Å². The van der Waals surface area contributed by atoms with Gasteiger partial charge in [-0.3, -0.25) is 4.79 Å². The summed E-state index contributed by atoms with van der Waals surface area (Å²) in [5.74, 6) is 0.0714. The van der Waals surface area contributed by atoms with Gasteiger partial charge in [0.1, 0.15) is 22.6 Å². The first-order valence-corrected chi connectivity index (χ1v) is 9.66. The third-order valence-corrected chi connectivity index (χ3v) is 5.10. The van der Waals surface area contributed by atoms with Gasteiger partial charge in [0, 0.05) is 17.1 Å². The second kappa shape index (κ2) is 7.92. The highest BCUT2D eigenvalue weighted by atomic mass is 32.1. The normalized spacial score (nSPS) is 12.1. The van der Waals surface area contributed by atoms with Crippen molar-refractivity contribution < 1.29 is 18.7 Å². The van der Waals surface area contributed by atoms with Crippen molar-refractivity contribution in [2.24, 2.45) is 0 Å². The molecule has 0 saturated carbocycles. The van der Waals surface area contributed by atoms with E-state index >= 15 is 0 Å². The fraction of sp³-hybridized carbons (Fsp3) is 0.350. The van der Waals surface area contributed by atoms with Crippen LogP contribution in [0.25, 0.3) is 21.5 Å². The van der Waals surface area contributed by atoms with E-state index in [9.17, 15) is 9.59 Å². The van der Waals surface area contributed by atoms with Crippen molar-refractivity contribution in [1.29, 1.82) is 0 Å². The molecule has 0 bridgehead atoms. The summed E-state index contributed by atoms with van der Waals surface area (Å²) in [6, 6.07) is 3.42. The second-order valence-corrected chi connectivity index (χ2v) is 6.95. The zero-order chi connectivity index (χ0) is 19.6. The summed E-state index contributed by atoms with van der Waals surface area (Å²) in [5.41, 5.74) is 2.39. The van der Waals surface area contributed by atoms with Gasteiger partial charge in [0.15, 0.2) is 6.10 Å². The number of aryl methyl sites for hydroxylation is 2. The number of nitrogens with zero attached hydrogens (tertiary/aromatic N) is 1. The molecule has 27 heavy (non-hydrogen) atoms. The molecule has 0 fully saturated rings. The molecule has 0 saturated heterocycles. The highest BCUT2D eigenvalue weighted by Gasteiger charge is 2.19. The Morgan fingerprint density at radius 1 is 1.33 bits per heavy atom. The second-order valence-electron chi connectivity index (χ2n) is 6.09.